The summed E-state index contributed by atoms with van der Waals surface area (Å²) in [6, 6.07) is 2.06. The molecule has 1 fully saturated rings. The van der Waals surface area contributed by atoms with Crippen LogP contribution in [0.3, 0.4) is 0 Å². The molecule has 0 aromatic carbocycles. The van der Waals surface area contributed by atoms with Gasteiger partial charge in [-0.2, -0.15) is 5.26 Å². The third-order valence-electron chi connectivity index (χ3n) is 2.29. The number of hydrogen-bond donors (Lipinski definition) is 0. The summed E-state index contributed by atoms with van der Waals surface area (Å²) in [7, 11) is -3.08. The molecule has 0 saturated carbocycles. The Hall–Kier alpha value is -1.00. The maximum atomic E-state index is 11.3. The van der Waals surface area contributed by atoms with Gasteiger partial charge in [0.1, 0.15) is 15.9 Å². The molecule has 14 heavy (non-hydrogen) atoms. The molecule has 1 atom stereocenters. The fourth-order valence-corrected chi connectivity index (χ4v) is 4.26. The maximum absolute atomic E-state index is 11.3. The van der Waals surface area contributed by atoms with Crippen LogP contribution in [0.1, 0.15) is 11.4 Å². The van der Waals surface area contributed by atoms with Gasteiger partial charge >= 0.3 is 0 Å². The first-order chi connectivity index (χ1) is 6.58. The molecule has 0 amide bonds. The van der Waals surface area contributed by atoms with Crippen molar-refractivity contribution in [2.24, 2.45) is 0 Å². The third kappa shape index (κ3) is 1.40. The summed E-state index contributed by atoms with van der Waals surface area (Å²) >= 11 is 1.24. The number of nitriles is 1. The predicted octanol–water partition coefficient (Wildman–Crippen LogP) is 0.118. The van der Waals surface area contributed by atoms with Gasteiger partial charge in [0.05, 0.1) is 17.6 Å². The highest BCUT2D eigenvalue weighted by Gasteiger charge is 2.46. The Labute approximate surface area is 85.3 Å². The Morgan fingerprint density at radius 2 is 2.43 bits per heavy atom. The van der Waals surface area contributed by atoms with Crippen molar-refractivity contribution < 1.29 is 8.42 Å². The number of sulfone groups is 1. The zero-order valence-corrected chi connectivity index (χ0v) is 8.81. The van der Waals surface area contributed by atoms with Crippen molar-refractivity contribution >= 4 is 21.2 Å². The summed E-state index contributed by atoms with van der Waals surface area (Å²) in [5.74, 6) is -0.0498. The van der Waals surface area contributed by atoms with Gasteiger partial charge in [-0.15, -0.1) is 21.5 Å². The molecule has 1 aliphatic rings. The van der Waals surface area contributed by atoms with Crippen LogP contribution in [0.5, 0.6) is 0 Å². The molecule has 0 N–H and O–H groups in total. The molecule has 1 aromatic rings. The van der Waals surface area contributed by atoms with Crippen LogP contribution >= 0.6 is 11.3 Å². The molecule has 1 saturated heterocycles. The molecule has 0 radical (unpaired) electrons. The summed E-state index contributed by atoms with van der Waals surface area (Å²) in [6.45, 7) is 0. The topological polar surface area (TPSA) is 83.7 Å². The van der Waals surface area contributed by atoms with Crippen LogP contribution in [0.15, 0.2) is 5.51 Å². The van der Waals surface area contributed by atoms with Crippen LogP contribution in [-0.4, -0.2) is 30.1 Å². The van der Waals surface area contributed by atoms with Crippen LogP contribution < -0.4 is 0 Å². The van der Waals surface area contributed by atoms with Crippen molar-refractivity contribution in [2.45, 2.75) is 11.8 Å². The van der Waals surface area contributed by atoms with Gasteiger partial charge in [-0.3, -0.25) is 0 Å². The molecule has 1 aliphatic heterocycles. The first-order valence-electron chi connectivity index (χ1n) is 3.96. The Balaban J connectivity index is 2.45. The molecule has 0 spiro atoms. The standard InChI is InChI=1S/C7H7N3O2S2/c8-3-7(6-10-9-5-13-6)1-2-14(11,12)4-7/h5H,1-2,4H2. The second kappa shape index (κ2) is 3.00. The van der Waals surface area contributed by atoms with E-state index in [0.29, 0.717) is 11.4 Å². The zero-order chi connectivity index (χ0) is 10.2. The van der Waals surface area contributed by atoms with Crippen LogP contribution in [0.4, 0.5) is 0 Å². The van der Waals surface area contributed by atoms with Crippen molar-refractivity contribution in [3.63, 3.8) is 0 Å². The Morgan fingerprint density at radius 1 is 1.64 bits per heavy atom. The molecule has 0 aliphatic carbocycles. The molecule has 5 nitrogen and oxygen atoms in total. The third-order valence-corrected chi connectivity index (χ3v) is 4.94. The summed E-state index contributed by atoms with van der Waals surface area (Å²) < 4.78 is 22.6. The first-order valence-corrected chi connectivity index (χ1v) is 6.66. The van der Waals surface area contributed by atoms with Gasteiger partial charge in [0.15, 0.2) is 9.84 Å². The van der Waals surface area contributed by atoms with E-state index in [1.807, 2.05) is 0 Å². The number of hydrogen-bond acceptors (Lipinski definition) is 6. The SMILES string of the molecule is N#CC1(c2nncs2)CCS(=O)(=O)C1. The van der Waals surface area contributed by atoms with Crippen molar-refractivity contribution in [1.82, 2.24) is 10.2 Å². The number of aromatic nitrogens is 2. The monoisotopic (exact) mass is 229 g/mol. The molecule has 74 valence electrons. The highest BCUT2D eigenvalue weighted by Crippen LogP contribution is 2.35. The van der Waals surface area contributed by atoms with E-state index < -0.39 is 15.3 Å². The van der Waals surface area contributed by atoms with Crippen LogP contribution in [0, 0.1) is 11.3 Å². The lowest BCUT2D eigenvalue weighted by atomic mass is 9.91. The lowest BCUT2D eigenvalue weighted by Crippen LogP contribution is -2.25. The minimum Gasteiger partial charge on any atom is -0.229 e. The molecular weight excluding hydrogens is 222 g/mol. The van der Waals surface area contributed by atoms with Gasteiger partial charge in [0.2, 0.25) is 0 Å². The van der Waals surface area contributed by atoms with Gasteiger partial charge in [-0.05, 0) is 6.42 Å². The summed E-state index contributed by atoms with van der Waals surface area (Å²) in [5, 5.41) is 17.0. The fraction of sp³-hybridized carbons (Fsp3) is 0.571. The van der Waals surface area contributed by atoms with E-state index in [0.717, 1.165) is 0 Å². The van der Waals surface area contributed by atoms with Crippen molar-refractivity contribution in [3.8, 4) is 6.07 Å². The average molecular weight is 229 g/mol. The molecule has 7 heteroatoms. The minimum atomic E-state index is -3.08. The molecule has 2 heterocycles. The van der Waals surface area contributed by atoms with E-state index in [-0.39, 0.29) is 11.5 Å². The van der Waals surface area contributed by atoms with Gasteiger partial charge in [-0.25, -0.2) is 8.42 Å². The minimum absolute atomic E-state index is 0.0696. The van der Waals surface area contributed by atoms with Crippen LogP contribution in [-0.2, 0) is 15.3 Å². The highest BCUT2D eigenvalue weighted by atomic mass is 32.2. The Morgan fingerprint density at radius 3 is 2.86 bits per heavy atom. The highest BCUT2D eigenvalue weighted by molar-refractivity contribution is 7.91. The zero-order valence-electron chi connectivity index (χ0n) is 7.17. The second-order valence-corrected chi connectivity index (χ2v) is 6.30. The summed E-state index contributed by atoms with van der Waals surface area (Å²) in [6.07, 6.45) is 0.334. The molecule has 0 bridgehead atoms. The fourth-order valence-electron chi connectivity index (χ4n) is 1.54. The van der Waals surface area contributed by atoms with E-state index in [4.69, 9.17) is 5.26 Å². The molecule has 1 aromatic heterocycles. The van der Waals surface area contributed by atoms with E-state index in [1.165, 1.54) is 16.8 Å². The molecular formula is C7H7N3O2S2. The molecule has 1 unspecified atom stereocenters. The largest absolute Gasteiger partial charge is 0.229 e. The van der Waals surface area contributed by atoms with Crippen molar-refractivity contribution in [2.75, 3.05) is 11.5 Å². The van der Waals surface area contributed by atoms with Crippen LogP contribution in [0.25, 0.3) is 0 Å². The Kier molecular flexibility index (Phi) is 2.05. The smallest absolute Gasteiger partial charge is 0.152 e. The van der Waals surface area contributed by atoms with Gasteiger partial charge in [-0.1, -0.05) is 0 Å². The number of rotatable bonds is 1. The normalized spacial score (nSPS) is 29.9. The second-order valence-electron chi connectivity index (χ2n) is 3.28. The lowest BCUT2D eigenvalue weighted by Gasteiger charge is -2.13. The number of nitrogens with zero attached hydrogens (tertiary/aromatic N) is 3. The van der Waals surface area contributed by atoms with E-state index >= 15 is 0 Å². The quantitative estimate of drug-likeness (QED) is 0.682. The summed E-state index contributed by atoms with van der Waals surface area (Å²) in [5.41, 5.74) is 0.569. The van der Waals surface area contributed by atoms with E-state index in [1.54, 1.807) is 0 Å². The average Bonchev–Trinajstić information content (AvgIpc) is 2.72. The maximum Gasteiger partial charge on any atom is 0.152 e. The van der Waals surface area contributed by atoms with Gasteiger partial charge in [0, 0.05) is 0 Å². The first kappa shape index (κ1) is 9.55. The Bertz CT molecular complexity index is 474. The van der Waals surface area contributed by atoms with Crippen LogP contribution in [0.2, 0.25) is 0 Å². The van der Waals surface area contributed by atoms with Crippen molar-refractivity contribution in [1.29, 1.82) is 5.26 Å². The predicted molar refractivity (Wildman–Crippen MR) is 50.5 cm³/mol. The van der Waals surface area contributed by atoms with Crippen molar-refractivity contribution in [3.05, 3.63) is 10.5 Å². The van der Waals surface area contributed by atoms with Gasteiger partial charge < -0.3 is 0 Å². The van der Waals surface area contributed by atoms with Gasteiger partial charge in [0.25, 0.3) is 0 Å². The van der Waals surface area contributed by atoms with E-state index in [9.17, 15) is 8.42 Å². The van der Waals surface area contributed by atoms with E-state index in [2.05, 4.69) is 16.3 Å². The lowest BCUT2D eigenvalue weighted by molar-refractivity contribution is 0.591. The molecule has 2 rings (SSSR count). The summed E-state index contributed by atoms with van der Waals surface area (Å²) in [4.78, 5) is 0.